The van der Waals surface area contributed by atoms with Crippen molar-refractivity contribution < 1.29 is 15.0 Å². The van der Waals surface area contributed by atoms with E-state index < -0.39 is 27.0 Å². The third kappa shape index (κ3) is 4.24. The number of aromatic amines is 1. The number of aryl methyl sites for hydroxylation is 2. The van der Waals surface area contributed by atoms with E-state index in [1.54, 1.807) is 12.1 Å². The van der Waals surface area contributed by atoms with Gasteiger partial charge in [-0.3, -0.25) is 30.3 Å². The van der Waals surface area contributed by atoms with Crippen LogP contribution < -0.4 is 5.11 Å². The third-order valence-electron chi connectivity index (χ3n) is 3.97. The number of aliphatic imine (C=N–C) groups is 1. The van der Waals surface area contributed by atoms with Gasteiger partial charge in [0.1, 0.15) is 0 Å². The molecule has 0 aliphatic carbocycles. The maximum absolute atomic E-state index is 12.3. The maximum atomic E-state index is 12.3. The summed E-state index contributed by atoms with van der Waals surface area (Å²) in [5.41, 5.74) is 0.565. The lowest BCUT2D eigenvalue weighted by molar-refractivity contribution is -0.403. The predicted octanol–water partition coefficient (Wildman–Crippen LogP) is 3.82. The Hall–Kier alpha value is -3.73. The van der Waals surface area contributed by atoms with Gasteiger partial charge in [-0.25, -0.2) is 0 Å². The smallest absolute Gasteiger partial charge is 0.276 e. The Morgan fingerprint density at radius 3 is 2.48 bits per heavy atom. The van der Waals surface area contributed by atoms with E-state index in [-0.39, 0.29) is 5.56 Å². The van der Waals surface area contributed by atoms with Crippen molar-refractivity contribution in [1.82, 2.24) is 10.2 Å². The van der Waals surface area contributed by atoms with Crippen molar-refractivity contribution >= 4 is 35.0 Å². The van der Waals surface area contributed by atoms with Crippen molar-refractivity contribution in [2.45, 2.75) is 23.6 Å². The van der Waals surface area contributed by atoms with Gasteiger partial charge in [0.15, 0.2) is 0 Å². The van der Waals surface area contributed by atoms with E-state index in [1.165, 1.54) is 11.8 Å². The van der Waals surface area contributed by atoms with Gasteiger partial charge in [-0.15, -0.1) is 0 Å². The molecule has 3 aromatic rings. The SMILES string of the molecule is Cc1n[nH]c(C)c1Sc1ccccc1N=Cc1cc([N+](=O)[O-])cc([N+](=O)[O-])c1[O-]. The second kappa shape index (κ2) is 8.10. The van der Waals surface area contributed by atoms with Gasteiger partial charge >= 0.3 is 0 Å². The minimum Gasteiger partial charge on any atom is -0.867 e. The molecular formula is C18H14N5O5S-. The van der Waals surface area contributed by atoms with Gasteiger partial charge in [-0.05, 0) is 37.3 Å². The van der Waals surface area contributed by atoms with Crippen molar-refractivity contribution in [2.75, 3.05) is 0 Å². The van der Waals surface area contributed by atoms with Crippen molar-refractivity contribution in [3.63, 3.8) is 0 Å². The van der Waals surface area contributed by atoms with Gasteiger partial charge in [0.2, 0.25) is 0 Å². The fourth-order valence-electron chi connectivity index (χ4n) is 2.55. The second-order valence-corrected chi connectivity index (χ2v) is 7.04. The zero-order valence-corrected chi connectivity index (χ0v) is 16.1. The molecule has 0 bridgehead atoms. The van der Waals surface area contributed by atoms with Crippen molar-refractivity contribution in [3.8, 4) is 5.75 Å². The molecule has 10 nitrogen and oxygen atoms in total. The van der Waals surface area contributed by atoms with Crippen molar-refractivity contribution in [3.05, 3.63) is 73.6 Å². The summed E-state index contributed by atoms with van der Waals surface area (Å²) in [5, 5.41) is 41.4. The Bertz CT molecular complexity index is 1120. The van der Waals surface area contributed by atoms with E-state index in [9.17, 15) is 25.3 Å². The highest BCUT2D eigenvalue weighted by Gasteiger charge is 2.18. The highest BCUT2D eigenvalue weighted by atomic mass is 32.2. The zero-order chi connectivity index (χ0) is 21.1. The Balaban J connectivity index is 2.01. The molecule has 3 rings (SSSR count). The molecule has 0 atom stereocenters. The average Bonchev–Trinajstić information content (AvgIpc) is 2.99. The van der Waals surface area contributed by atoms with Gasteiger partial charge in [-0.1, -0.05) is 23.9 Å². The first-order chi connectivity index (χ1) is 13.8. The molecule has 0 amide bonds. The van der Waals surface area contributed by atoms with Gasteiger partial charge < -0.3 is 5.11 Å². The van der Waals surface area contributed by atoms with E-state index in [0.29, 0.717) is 11.8 Å². The monoisotopic (exact) mass is 412 g/mol. The molecule has 0 aliphatic heterocycles. The first-order valence-corrected chi connectivity index (χ1v) is 9.06. The van der Waals surface area contributed by atoms with E-state index >= 15 is 0 Å². The van der Waals surface area contributed by atoms with Crippen LogP contribution in [0.4, 0.5) is 17.1 Å². The molecular weight excluding hydrogens is 398 g/mol. The van der Waals surface area contributed by atoms with Gasteiger partial charge in [0, 0.05) is 22.9 Å². The van der Waals surface area contributed by atoms with Gasteiger partial charge in [0.25, 0.3) is 11.4 Å². The Morgan fingerprint density at radius 2 is 1.86 bits per heavy atom. The molecule has 0 saturated carbocycles. The largest absolute Gasteiger partial charge is 0.867 e. The maximum Gasteiger partial charge on any atom is 0.276 e. The number of nitrogens with zero attached hydrogens (tertiary/aromatic N) is 4. The molecule has 1 aromatic heterocycles. The third-order valence-corrected chi connectivity index (χ3v) is 5.34. The van der Waals surface area contributed by atoms with Crippen LogP contribution >= 0.6 is 11.8 Å². The summed E-state index contributed by atoms with van der Waals surface area (Å²) in [6.45, 7) is 3.75. The fourth-order valence-corrected chi connectivity index (χ4v) is 3.53. The number of nitro groups is 2. The normalized spacial score (nSPS) is 11.1. The average molecular weight is 412 g/mol. The predicted molar refractivity (Wildman–Crippen MR) is 105 cm³/mol. The summed E-state index contributed by atoms with van der Waals surface area (Å²) in [4.78, 5) is 26.3. The first-order valence-electron chi connectivity index (χ1n) is 8.24. The Kier molecular flexibility index (Phi) is 5.59. The summed E-state index contributed by atoms with van der Waals surface area (Å²) < 4.78 is 0. The first kappa shape index (κ1) is 20.0. The minimum absolute atomic E-state index is 0.235. The van der Waals surface area contributed by atoms with Crippen LogP contribution in [0.2, 0.25) is 0 Å². The number of rotatable bonds is 6. The zero-order valence-electron chi connectivity index (χ0n) is 15.3. The molecule has 1 heterocycles. The molecule has 11 heteroatoms. The van der Waals surface area contributed by atoms with Gasteiger partial charge in [0.05, 0.1) is 32.2 Å². The van der Waals surface area contributed by atoms with Crippen LogP contribution in [-0.4, -0.2) is 26.3 Å². The van der Waals surface area contributed by atoms with E-state index in [1.807, 2.05) is 26.0 Å². The summed E-state index contributed by atoms with van der Waals surface area (Å²) >= 11 is 1.43. The topological polar surface area (TPSA) is 150 Å². The van der Waals surface area contributed by atoms with Crippen LogP contribution in [0.5, 0.6) is 5.75 Å². The van der Waals surface area contributed by atoms with Crippen LogP contribution in [0.25, 0.3) is 0 Å². The number of nitrogens with one attached hydrogen (secondary N) is 1. The quantitative estimate of drug-likeness (QED) is 0.367. The molecule has 0 saturated heterocycles. The molecule has 0 radical (unpaired) electrons. The molecule has 148 valence electrons. The van der Waals surface area contributed by atoms with Crippen molar-refractivity contribution in [2.24, 2.45) is 4.99 Å². The number of aromatic nitrogens is 2. The van der Waals surface area contributed by atoms with E-state index in [0.717, 1.165) is 33.5 Å². The van der Waals surface area contributed by atoms with E-state index in [4.69, 9.17) is 0 Å². The summed E-state index contributed by atoms with van der Waals surface area (Å²) in [6.07, 6.45) is 1.11. The van der Waals surface area contributed by atoms with Crippen LogP contribution in [0.1, 0.15) is 17.0 Å². The number of non-ortho nitro benzene ring substituents is 1. The van der Waals surface area contributed by atoms with E-state index in [2.05, 4.69) is 15.2 Å². The van der Waals surface area contributed by atoms with Crippen LogP contribution in [0, 0.1) is 34.1 Å². The number of benzene rings is 2. The molecule has 29 heavy (non-hydrogen) atoms. The lowest BCUT2D eigenvalue weighted by atomic mass is 10.1. The standard InChI is InChI=1S/C18H15N5O5S/c1-10-18(11(2)21-20-10)29-16-6-4-3-5-14(16)19-9-12-7-13(22(25)26)8-15(17(12)24)23(27)28/h3-9,24H,1-2H3,(H,20,21)/p-1. The molecule has 0 spiro atoms. The fraction of sp³-hybridized carbons (Fsp3) is 0.111. The summed E-state index contributed by atoms with van der Waals surface area (Å²) in [5.74, 6) is -0.934. The molecule has 2 aromatic carbocycles. The number of hydrogen-bond donors (Lipinski definition) is 1. The molecule has 0 aliphatic rings. The van der Waals surface area contributed by atoms with Crippen LogP contribution in [-0.2, 0) is 0 Å². The summed E-state index contributed by atoms with van der Waals surface area (Å²) in [7, 11) is 0. The number of nitro benzene ring substituents is 2. The number of H-pyrrole nitrogens is 1. The van der Waals surface area contributed by atoms with Crippen LogP contribution in [0.3, 0.4) is 0 Å². The molecule has 1 N–H and O–H groups in total. The van der Waals surface area contributed by atoms with Crippen LogP contribution in [0.15, 0.2) is 51.2 Å². The lowest BCUT2D eigenvalue weighted by Crippen LogP contribution is -2.03. The molecule has 0 unspecified atom stereocenters. The number of para-hydroxylation sites is 1. The van der Waals surface area contributed by atoms with Crippen molar-refractivity contribution in [1.29, 1.82) is 0 Å². The minimum atomic E-state index is -0.944. The highest BCUT2D eigenvalue weighted by molar-refractivity contribution is 7.99. The lowest BCUT2D eigenvalue weighted by Gasteiger charge is -2.10. The summed E-state index contributed by atoms with van der Waals surface area (Å²) in [6, 6.07) is 8.73. The van der Waals surface area contributed by atoms with Gasteiger partial charge in [-0.2, -0.15) is 5.10 Å². The highest BCUT2D eigenvalue weighted by Crippen LogP contribution is 2.38. The second-order valence-electron chi connectivity index (χ2n) is 5.99. The molecule has 0 fully saturated rings. The Labute approximate surface area is 168 Å². The number of hydrogen-bond acceptors (Lipinski definition) is 8. The Morgan fingerprint density at radius 1 is 1.14 bits per heavy atom.